The molecule has 0 amide bonds. The van der Waals surface area contributed by atoms with Crippen molar-refractivity contribution in [3.8, 4) is 0 Å². The summed E-state index contributed by atoms with van der Waals surface area (Å²) in [5.41, 5.74) is 5.40. The molecule has 0 aliphatic carbocycles. The normalized spacial score (nSPS) is 12.5. The molecule has 3 nitrogen and oxygen atoms in total. The summed E-state index contributed by atoms with van der Waals surface area (Å²) < 4.78 is 4.91. The first-order valence-electron chi connectivity index (χ1n) is 4.31. The van der Waals surface area contributed by atoms with Crippen LogP contribution in [-0.4, -0.2) is 29.7 Å². The van der Waals surface area contributed by atoms with Crippen LogP contribution in [0.15, 0.2) is 0 Å². The summed E-state index contributed by atoms with van der Waals surface area (Å²) in [6, 6.07) is -0.584. The predicted octanol–water partition coefficient (Wildman–Crippen LogP) is 1.35. The molecule has 0 saturated carbocycles. The third-order valence-electron chi connectivity index (χ3n) is 1.52. The van der Waals surface area contributed by atoms with Crippen LogP contribution in [0.5, 0.6) is 0 Å². The molecular formula is C8H16BrNO2S. The Morgan fingerprint density at radius 1 is 1.46 bits per heavy atom. The minimum Gasteiger partial charge on any atom is -0.465 e. The van der Waals surface area contributed by atoms with Gasteiger partial charge in [-0.15, -0.1) is 0 Å². The molecule has 0 aromatic carbocycles. The minimum absolute atomic E-state index is 0.334. The van der Waals surface area contributed by atoms with Gasteiger partial charge in [-0.25, -0.2) is 0 Å². The Morgan fingerprint density at radius 3 is 2.69 bits per heavy atom. The van der Waals surface area contributed by atoms with Gasteiger partial charge in [0.2, 0.25) is 0 Å². The predicted molar refractivity (Wildman–Crippen MR) is 60.4 cm³/mol. The first-order valence-corrected chi connectivity index (χ1v) is 6.06. The van der Waals surface area contributed by atoms with E-state index in [1.807, 2.05) is 0 Å². The van der Waals surface area contributed by atoms with E-state index in [0.717, 1.165) is 24.6 Å². The number of carbonyl (C=O) groups is 1. The largest absolute Gasteiger partial charge is 0.465 e. The zero-order chi connectivity index (χ0) is 10.1. The van der Waals surface area contributed by atoms with Crippen LogP contribution >= 0.6 is 28.6 Å². The Bertz CT molecular complexity index is 146. The van der Waals surface area contributed by atoms with Crippen LogP contribution in [0.2, 0.25) is 0 Å². The molecule has 0 aliphatic heterocycles. The van der Waals surface area contributed by atoms with Crippen LogP contribution in [0.3, 0.4) is 0 Å². The third-order valence-corrected chi connectivity index (χ3v) is 2.48. The number of esters is 1. The number of thiol groups is 1. The summed E-state index contributed by atoms with van der Waals surface area (Å²) in [4.78, 5) is 11.0. The number of carbonyl (C=O) groups excluding carboxylic acids is 1. The van der Waals surface area contributed by atoms with Gasteiger partial charge in [0, 0.05) is 11.1 Å². The number of rotatable bonds is 7. The Labute approximate surface area is 92.9 Å². The second kappa shape index (κ2) is 8.84. The molecule has 13 heavy (non-hydrogen) atoms. The van der Waals surface area contributed by atoms with Gasteiger partial charge in [0.25, 0.3) is 0 Å². The maximum absolute atomic E-state index is 11.0. The highest BCUT2D eigenvalue weighted by molar-refractivity contribution is 9.09. The van der Waals surface area contributed by atoms with Gasteiger partial charge in [0.15, 0.2) is 0 Å². The van der Waals surface area contributed by atoms with Crippen LogP contribution in [-0.2, 0) is 9.53 Å². The maximum atomic E-state index is 11.0. The minimum atomic E-state index is -0.584. The first-order chi connectivity index (χ1) is 6.22. The number of unbranched alkanes of at least 4 members (excludes halogenated alkanes) is 2. The van der Waals surface area contributed by atoms with E-state index < -0.39 is 6.04 Å². The molecule has 78 valence electrons. The van der Waals surface area contributed by atoms with Gasteiger partial charge in [-0.1, -0.05) is 15.9 Å². The molecule has 0 fully saturated rings. The summed E-state index contributed by atoms with van der Waals surface area (Å²) in [5.74, 6) is -0.0194. The van der Waals surface area contributed by atoms with E-state index in [0.29, 0.717) is 12.4 Å². The highest BCUT2D eigenvalue weighted by Gasteiger charge is 2.11. The fourth-order valence-corrected chi connectivity index (χ4v) is 1.27. The second-order valence-corrected chi connectivity index (χ2v) is 3.86. The van der Waals surface area contributed by atoms with E-state index in [1.165, 1.54) is 0 Å². The summed E-state index contributed by atoms with van der Waals surface area (Å²) in [6.45, 7) is 0.466. The lowest BCUT2D eigenvalue weighted by molar-refractivity contribution is -0.144. The fraction of sp³-hybridized carbons (Fsp3) is 0.875. The molecule has 0 unspecified atom stereocenters. The maximum Gasteiger partial charge on any atom is 0.323 e. The van der Waals surface area contributed by atoms with Crippen LogP contribution in [0.1, 0.15) is 19.3 Å². The quantitative estimate of drug-likeness (QED) is 0.318. The Hall–Kier alpha value is 0.260. The number of hydrogen-bond acceptors (Lipinski definition) is 4. The smallest absolute Gasteiger partial charge is 0.323 e. The third kappa shape index (κ3) is 7.34. The molecular weight excluding hydrogens is 254 g/mol. The molecule has 2 N–H and O–H groups in total. The second-order valence-electron chi connectivity index (χ2n) is 2.71. The Kier molecular flexibility index (Phi) is 9.02. The van der Waals surface area contributed by atoms with Crippen molar-refractivity contribution < 1.29 is 9.53 Å². The summed E-state index contributed by atoms with van der Waals surface area (Å²) >= 11 is 7.23. The Balaban J connectivity index is 3.27. The van der Waals surface area contributed by atoms with Crippen molar-refractivity contribution in [2.45, 2.75) is 25.3 Å². The van der Waals surface area contributed by atoms with Gasteiger partial charge >= 0.3 is 5.97 Å². The lowest BCUT2D eigenvalue weighted by Gasteiger charge is -2.08. The molecule has 0 rings (SSSR count). The highest BCUT2D eigenvalue weighted by atomic mass is 79.9. The summed E-state index contributed by atoms with van der Waals surface area (Å²) in [6.07, 6.45) is 3.07. The van der Waals surface area contributed by atoms with Crippen LogP contribution < -0.4 is 5.73 Å². The number of ether oxygens (including phenoxy) is 1. The number of hydrogen-bond donors (Lipinski definition) is 2. The van der Waals surface area contributed by atoms with Crippen molar-refractivity contribution in [2.24, 2.45) is 5.73 Å². The van der Waals surface area contributed by atoms with E-state index in [1.54, 1.807) is 0 Å². The van der Waals surface area contributed by atoms with Crippen molar-refractivity contribution in [2.75, 3.05) is 17.7 Å². The number of nitrogens with two attached hydrogens (primary N) is 1. The molecule has 5 heteroatoms. The number of alkyl halides is 1. The van der Waals surface area contributed by atoms with E-state index in [2.05, 4.69) is 28.6 Å². The van der Waals surface area contributed by atoms with Crippen LogP contribution in [0, 0.1) is 0 Å². The van der Waals surface area contributed by atoms with Crippen molar-refractivity contribution in [3.05, 3.63) is 0 Å². The van der Waals surface area contributed by atoms with Gasteiger partial charge in [0.1, 0.15) is 6.04 Å². The van der Waals surface area contributed by atoms with Gasteiger partial charge in [-0.2, -0.15) is 12.6 Å². The van der Waals surface area contributed by atoms with Crippen molar-refractivity contribution in [1.29, 1.82) is 0 Å². The fourth-order valence-electron chi connectivity index (χ4n) is 0.728. The molecule has 0 spiro atoms. The molecule has 0 saturated heterocycles. The summed E-state index contributed by atoms with van der Waals surface area (Å²) in [7, 11) is 0. The van der Waals surface area contributed by atoms with Crippen molar-refractivity contribution >= 4 is 34.5 Å². The molecule has 0 heterocycles. The van der Waals surface area contributed by atoms with Gasteiger partial charge < -0.3 is 10.5 Å². The van der Waals surface area contributed by atoms with E-state index in [-0.39, 0.29) is 5.97 Å². The van der Waals surface area contributed by atoms with E-state index in [4.69, 9.17) is 10.5 Å². The number of halogens is 1. The summed E-state index contributed by atoms with van der Waals surface area (Å²) in [5, 5.41) is 0.997. The van der Waals surface area contributed by atoms with Crippen molar-refractivity contribution in [1.82, 2.24) is 0 Å². The highest BCUT2D eigenvalue weighted by Crippen LogP contribution is 1.99. The average Bonchev–Trinajstić information content (AvgIpc) is 2.16. The zero-order valence-electron chi connectivity index (χ0n) is 7.54. The topological polar surface area (TPSA) is 52.3 Å². The monoisotopic (exact) mass is 269 g/mol. The molecule has 0 bridgehead atoms. The standard InChI is InChI=1S/C8H16BrNO2S/c9-4-2-1-3-5-12-8(11)7(10)6-13/h7,13H,1-6,10H2/t7-/m0/s1. The molecule has 0 radical (unpaired) electrons. The van der Waals surface area contributed by atoms with E-state index >= 15 is 0 Å². The lowest BCUT2D eigenvalue weighted by atomic mass is 10.3. The molecule has 1 atom stereocenters. The molecule has 0 aliphatic rings. The van der Waals surface area contributed by atoms with E-state index in [9.17, 15) is 4.79 Å². The average molecular weight is 270 g/mol. The lowest BCUT2D eigenvalue weighted by Crippen LogP contribution is -2.34. The molecule has 0 aromatic rings. The first kappa shape index (κ1) is 13.3. The molecule has 0 aromatic heterocycles. The van der Waals surface area contributed by atoms with Crippen LogP contribution in [0.4, 0.5) is 0 Å². The van der Waals surface area contributed by atoms with Gasteiger partial charge in [-0.05, 0) is 19.3 Å². The SMILES string of the molecule is N[C@@H](CS)C(=O)OCCCCCBr. The van der Waals surface area contributed by atoms with Gasteiger partial charge in [-0.3, -0.25) is 4.79 Å². The van der Waals surface area contributed by atoms with Crippen LogP contribution in [0.25, 0.3) is 0 Å². The van der Waals surface area contributed by atoms with Gasteiger partial charge in [0.05, 0.1) is 6.61 Å². The van der Waals surface area contributed by atoms with Crippen molar-refractivity contribution in [3.63, 3.8) is 0 Å². The Morgan fingerprint density at radius 2 is 2.15 bits per heavy atom. The zero-order valence-corrected chi connectivity index (χ0v) is 10.0.